The molecule has 0 saturated heterocycles. The molecule has 1 aromatic carbocycles. The van der Waals surface area contributed by atoms with Gasteiger partial charge in [0.15, 0.2) is 6.10 Å². The monoisotopic (exact) mass is 570 g/mol. The lowest BCUT2D eigenvalue weighted by Gasteiger charge is -2.43. The number of hydrogen-bond acceptors (Lipinski definition) is 7. The Bertz CT molecular complexity index is 1090. The number of carboxylic acid groups (broad SMARTS) is 1. The van der Waals surface area contributed by atoms with Crippen LogP contribution in [-0.2, 0) is 20.5 Å². The Hall–Kier alpha value is -2.89. The zero-order valence-corrected chi connectivity index (χ0v) is 22.5. The minimum absolute atomic E-state index is 0.0260. The maximum atomic E-state index is 13.2. The van der Waals surface area contributed by atoms with Crippen molar-refractivity contribution in [2.24, 2.45) is 17.8 Å². The molecule has 40 heavy (non-hydrogen) atoms. The molecule has 0 heterocycles. The molecule has 0 bridgehead atoms. The summed E-state index contributed by atoms with van der Waals surface area (Å²) in [6.07, 6.45) is -3.42. The van der Waals surface area contributed by atoms with Crippen molar-refractivity contribution < 1.29 is 52.7 Å². The summed E-state index contributed by atoms with van der Waals surface area (Å²) in [6.45, 7) is 3.63. The summed E-state index contributed by atoms with van der Waals surface area (Å²) in [6, 6.07) is 4.26. The van der Waals surface area contributed by atoms with Gasteiger partial charge in [0.05, 0.1) is 30.3 Å². The highest BCUT2D eigenvalue weighted by Gasteiger charge is 2.42. The van der Waals surface area contributed by atoms with E-state index in [9.17, 15) is 38.1 Å². The fourth-order valence-corrected chi connectivity index (χ4v) is 5.52. The van der Waals surface area contributed by atoms with Gasteiger partial charge < -0.3 is 29.9 Å². The Kier molecular flexibility index (Phi) is 10.8. The Morgan fingerprint density at radius 1 is 1.18 bits per heavy atom. The van der Waals surface area contributed by atoms with E-state index >= 15 is 0 Å². The molecule has 8 atom stereocenters. The van der Waals surface area contributed by atoms with E-state index in [1.807, 2.05) is 19.1 Å². The molecule has 11 heteroatoms. The lowest BCUT2D eigenvalue weighted by atomic mass is 9.66. The number of carbonyl (C=O) groups excluding carboxylic acids is 1. The standard InChI is InChI=1S/C29H37F3O8/c1-3-24(39-22-6-4-5-18(12-22)29(30,31)32)28(38)40-25-14-20(34)11-17-8-7-16(2)23(27(17)25)10-9-19(33)13-21(35)15-26(36)37/h4-8,11-12,16,19-21,23-25,27,33-35H,3,9-10,13-15H2,1-2H3,(H,36,37)/t16-,19+,20+,21+,23-,24?,25-,27-/m0/s1. The van der Waals surface area contributed by atoms with Crippen LogP contribution in [0.2, 0.25) is 0 Å². The van der Waals surface area contributed by atoms with Crippen molar-refractivity contribution >= 4 is 11.9 Å². The minimum Gasteiger partial charge on any atom is -0.481 e. The van der Waals surface area contributed by atoms with Crippen molar-refractivity contribution in [3.05, 3.63) is 53.6 Å². The number of carboxylic acids is 1. The zero-order chi connectivity index (χ0) is 29.6. The fourth-order valence-electron chi connectivity index (χ4n) is 5.52. The van der Waals surface area contributed by atoms with E-state index in [0.717, 1.165) is 17.7 Å². The number of rotatable bonds is 12. The number of fused-ring (bicyclic) bond motifs is 1. The molecule has 0 saturated carbocycles. The average Bonchev–Trinajstić information content (AvgIpc) is 2.85. The summed E-state index contributed by atoms with van der Waals surface area (Å²) in [5.41, 5.74) is -0.117. The first-order chi connectivity index (χ1) is 18.8. The largest absolute Gasteiger partial charge is 0.481 e. The molecule has 222 valence electrons. The van der Waals surface area contributed by atoms with Gasteiger partial charge in [-0.1, -0.05) is 38.1 Å². The van der Waals surface area contributed by atoms with Crippen molar-refractivity contribution in [2.45, 2.75) is 89.1 Å². The predicted octanol–water partition coefficient (Wildman–Crippen LogP) is 4.27. The van der Waals surface area contributed by atoms with Gasteiger partial charge in [-0.25, -0.2) is 4.79 Å². The third kappa shape index (κ3) is 8.55. The number of aliphatic hydroxyl groups excluding tert-OH is 3. The summed E-state index contributed by atoms with van der Waals surface area (Å²) < 4.78 is 50.8. The van der Waals surface area contributed by atoms with Gasteiger partial charge in [0.1, 0.15) is 11.9 Å². The molecule has 4 N–H and O–H groups in total. The molecular weight excluding hydrogens is 533 g/mol. The van der Waals surface area contributed by atoms with Crippen LogP contribution in [0, 0.1) is 17.8 Å². The first-order valence-electron chi connectivity index (χ1n) is 13.5. The van der Waals surface area contributed by atoms with Crippen LogP contribution in [0.15, 0.2) is 48.1 Å². The lowest BCUT2D eigenvalue weighted by molar-refractivity contribution is -0.163. The van der Waals surface area contributed by atoms with E-state index in [4.69, 9.17) is 14.6 Å². The van der Waals surface area contributed by atoms with Gasteiger partial charge in [0, 0.05) is 12.3 Å². The second-order valence-corrected chi connectivity index (χ2v) is 10.6. The second-order valence-electron chi connectivity index (χ2n) is 10.6. The topological polar surface area (TPSA) is 134 Å². The van der Waals surface area contributed by atoms with Crippen LogP contribution in [0.3, 0.4) is 0 Å². The van der Waals surface area contributed by atoms with Gasteiger partial charge in [-0.15, -0.1) is 0 Å². The van der Waals surface area contributed by atoms with Crippen LogP contribution in [-0.4, -0.2) is 62.9 Å². The SMILES string of the molecule is CCC(Oc1cccc(C(F)(F)F)c1)C(=O)O[C@H]1C[C@H](O)C=C2C=C[C@H](C)[C@H](CC[C@@H](O)C[C@@H](O)CC(=O)O)[C@H]21. The van der Waals surface area contributed by atoms with Crippen molar-refractivity contribution in [3.63, 3.8) is 0 Å². The number of esters is 1. The number of alkyl halides is 3. The Labute approximate surface area is 231 Å². The molecule has 0 radical (unpaired) electrons. The number of halogens is 3. The van der Waals surface area contributed by atoms with Gasteiger partial charge in [0.25, 0.3) is 0 Å². The summed E-state index contributed by atoms with van der Waals surface area (Å²) >= 11 is 0. The molecule has 3 rings (SSSR count). The molecule has 8 nitrogen and oxygen atoms in total. The molecule has 0 fully saturated rings. The van der Waals surface area contributed by atoms with E-state index in [-0.39, 0.29) is 49.2 Å². The van der Waals surface area contributed by atoms with Crippen LogP contribution in [0.1, 0.15) is 57.9 Å². The highest BCUT2D eigenvalue weighted by Crippen LogP contribution is 2.44. The molecular formula is C29H37F3O8. The maximum absolute atomic E-state index is 13.2. The zero-order valence-electron chi connectivity index (χ0n) is 22.5. The summed E-state index contributed by atoms with van der Waals surface area (Å²) in [7, 11) is 0. The van der Waals surface area contributed by atoms with Gasteiger partial charge in [-0.05, 0) is 61.3 Å². The first kappa shape index (κ1) is 31.6. The molecule has 2 aliphatic rings. The lowest BCUT2D eigenvalue weighted by Crippen LogP contribution is -2.44. The molecule has 0 amide bonds. The Balaban J connectivity index is 1.72. The molecule has 0 spiro atoms. The van der Waals surface area contributed by atoms with Gasteiger partial charge in [0.2, 0.25) is 0 Å². The summed E-state index contributed by atoms with van der Waals surface area (Å²) in [5, 5.41) is 39.6. The number of allylic oxidation sites excluding steroid dienone is 2. The van der Waals surface area contributed by atoms with Crippen molar-refractivity contribution in [3.8, 4) is 5.75 Å². The second kappa shape index (κ2) is 13.6. The molecule has 0 aromatic heterocycles. The van der Waals surface area contributed by atoms with Gasteiger partial charge >= 0.3 is 18.1 Å². The third-order valence-electron chi connectivity index (χ3n) is 7.50. The number of ether oxygens (including phenoxy) is 2. The van der Waals surface area contributed by atoms with E-state index in [2.05, 4.69) is 0 Å². The predicted molar refractivity (Wildman–Crippen MR) is 138 cm³/mol. The summed E-state index contributed by atoms with van der Waals surface area (Å²) in [4.78, 5) is 24.0. The summed E-state index contributed by atoms with van der Waals surface area (Å²) in [5.74, 6) is -2.41. The number of carbonyl (C=O) groups is 2. The number of aliphatic carboxylic acids is 1. The van der Waals surface area contributed by atoms with Gasteiger partial charge in [-0.2, -0.15) is 13.2 Å². The van der Waals surface area contributed by atoms with Crippen LogP contribution >= 0.6 is 0 Å². The first-order valence-corrected chi connectivity index (χ1v) is 13.5. The molecule has 1 aromatic rings. The average molecular weight is 571 g/mol. The Morgan fingerprint density at radius 3 is 2.55 bits per heavy atom. The smallest absolute Gasteiger partial charge is 0.416 e. The highest BCUT2D eigenvalue weighted by atomic mass is 19.4. The van der Waals surface area contributed by atoms with E-state index in [1.54, 1.807) is 13.0 Å². The number of hydrogen-bond donors (Lipinski definition) is 4. The van der Waals surface area contributed by atoms with Crippen molar-refractivity contribution in [1.82, 2.24) is 0 Å². The van der Waals surface area contributed by atoms with Crippen molar-refractivity contribution in [1.29, 1.82) is 0 Å². The van der Waals surface area contributed by atoms with E-state index in [1.165, 1.54) is 12.1 Å². The van der Waals surface area contributed by atoms with Crippen LogP contribution in [0.4, 0.5) is 13.2 Å². The third-order valence-corrected chi connectivity index (χ3v) is 7.50. The quantitative estimate of drug-likeness (QED) is 0.274. The highest BCUT2D eigenvalue weighted by molar-refractivity contribution is 5.75. The molecule has 0 aliphatic heterocycles. The fraction of sp³-hybridized carbons (Fsp3) is 0.586. The van der Waals surface area contributed by atoms with Gasteiger partial charge in [-0.3, -0.25) is 4.79 Å². The van der Waals surface area contributed by atoms with Crippen molar-refractivity contribution in [2.75, 3.05) is 0 Å². The normalized spacial score (nSPS) is 26.7. The molecule has 1 unspecified atom stereocenters. The van der Waals surface area contributed by atoms with Crippen LogP contribution < -0.4 is 4.74 Å². The van der Waals surface area contributed by atoms with E-state index < -0.39 is 60.6 Å². The molecule has 2 aliphatic carbocycles. The maximum Gasteiger partial charge on any atom is 0.416 e. The van der Waals surface area contributed by atoms with Crippen LogP contribution in [0.5, 0.6) is 5.75 Å². The number of aliphatic hydroxyl groups is 3. The Morgan fingerprint density at radius 2 is 1.90 bits per heavy atom. The van der Waals surface area contributed by atoms with Crippen LogP contribution in [0.25, 0.3) is 0 Å². The number of benzene rings is 1. The van der Waals surface area contributed by atoms with E-state index in [0.29, 0.717) is 6.42 Å². The minimum atomic E-state index is -4.56.